The largest absolute Gasteiger partial charge is 0.516 e. The average Bonchev–Trinajstić information content (AvgIpc) is 2.62. The van der Waals surface area contributed by atoms with Crippen LogP contribution < -0.4 is 0 Å². The number of piperazine rings is 1. The Morgan fingerprint density at radius 3 is 2.30 bits per heavy atom. The number of esters is 1. The van der Waals surface area contributed by atoms with Crippen LogP contribution in [0.3, 0.4) is 0 Å². The summed E-state index contributed by atoms with van der Waals surface area (Å²) in [6.07, 6.45) is -3.01. The van der Waals surface area contributed by atoms with E-state index in [1.165, 1.54) is 21.9 Å². The first-order valence-corrected chi connectivity index (χ1v) is 8.27. The molecule has 0 saturated carbocycles. The normalized spacial score (nSPS) is 16.6. The van der Waals surface area contributed by atoms with E-state index in [-0.39, 0.29) is 38.2 Å². The summed E-state index contributed by atoms with van der Waals surface area (Å²) >= 11 is 0. The summed E-state index contributed by atoms with van der Waals surface area (Å²) in [5.74, 6) is -0.859. The summed E-state index contributed by atoms with van der Waals surface area (Å²) < 4.78 is 9.02. The monoisotopic (exact) mass is 380 g/mol. The lowest BCUT2D eigenvalue weighted by Gasteiger charge is -2.38. The third-order valence-electron chi connectivity index (χ3n) is 4.10. The fourth-order valence-corrected chi connectivity index (χ4v) is 2.79. The van der Waals surface area contributed by atoms with Crippen LogP contribution in [0.15, 0.2) is 24.3 Å². The molecule has 10 heteroatoms. The number of benzene rings is 1. The van der Waals surface area contributed by atoms with Crippen molar-refractivity contribution < 1.29 is 38.9 Å². The van der Waals surface area contributed by atoms with Gasteiger partial charge in [-0.05, 0) is 31.0 Å². The van der Waals surface area contributed by atoms with Crippen LogP contribution in [0.4, 0.5) is 14.4 Å². The fourth-order valence-electron chi connectivity index (χ4n) is 2.79. The lowest BCUT2D eigenvalue weighted by molar-refractivity contribution is 0.0401. The molecule has 0 aromatic heterocycles. The molecule has 0 unspecified atom stereocenters. The Morgan fingerprint density at radius 1 is 1.07 bits per heavy atom. The highest BCUT2D eigenvalue weighted by Crippen LogP contribution is 2.17. The highest BCUT2D eigenvalue weighted by molar-refractivity contribution is 5.95. The minimum absolute atomic E-state index is 0.0638. The second kappa shape index (κ2) is 8.88. The van der Waals surface area contributed by atoms with Crippen molar-refractivity contribution in [3.8, 4) is 0 Å². The van der Waals surface area contributed by atoms with E-state index in [9.17, 15) is 24.3 Å². The molecule has 1 aromatic carbocycles. The Bertz CT molecular complexity index is 718. The van der Waals surface area contributed by atoms with E-state index < -0.39 is 30.4 Å². The van der Waals surface area contributed by atoms with E-state index in [1.54, 1.807) is 19.1 Å². The first-order valence-electron chi connectivity index (χ1n) is 8.27. The molecule has 0 spiro atoms. The van der Waals surface area contributed by atoms with E-state index in [1.807, 2.05) is 0 Å². The molecule has 0 bridgehead atoms. The van der Waals surface area contributed by atoms with Gasteiger partial charge in [0.15, 0.2) is 0 Å². The summed E-state index contributed by atoms with van der Waals surface area (Å²) in [5.41, 5.74) is 0.851. The van der Waals surface area contributed by atoms with Gasteiger partial charge >= 0.3 is 24.3 Å². The van der Waals surface area contributed by atoms with Crippen molar-refractivity contribution >= 4 is 24.3 Å². The zero-order chi connectivity index (χ0) is 20.0. The molecular formula is C17H20N2O8. The first-order chi connectivity index (χ1) is 12.8. The predicted molar refractivity (Wildman–Crippen MR) is 90.7 cm³/mol. The summed E-state index contributed by atoms with van der Waals surface area (Å²) in [5, 5.41) is 18.4. The Balaban J connectivity index is 2.04. The lowest BCUT2D eigenvalue weighted by atomic mass is 10.0. The summed E-state index contributed by atoms with van der Waals surface area (Å²) in [4.78, 5) is 47.9. The number of ether oxygens (including phenoxy) is 2. The standard InChI is InChI=1S/C17H20N2O8/c1-2-26-17(25)27-14(20)12-5-3-11(4-6-12)9-13-10-18(15(21)22)7-8-19(13)16(23)24/h3-6,13H,2,7-10H2,1H3,(H,21,22)(H,23,24)/t13-/m1/s1. The Kier molecular flexibility index (Phi) is 6.58. The van der Waals surface area contributed by atoms with E-state index in [0.717, 1.165) is 0 Å². The third kappa shape index (κ3) is 5.33. The maximum absolute atomic E-state index is 11.8. The SMILES string of the molecule is CCOC(=O)OC(=O)c1ccc(C[C@@H]2CN(C(=O)O)CCN2C(=O)O)cc1. The highest BCUT2D eigenvalue weighted by atomic mass is 16.7. The van der Waals surface area contributed by atoms with Crippen LogP contribution in [0.1, 0.15) is 22.8 Å². The molecule has 146 valence electrons. The maximum Gasteiger partial charge on any atom is 0.516 e. The van der Waals surface area contributed by atoms with Gasteiger partial charge in [-0.3, -0.25) is 0 Å². The molecule has 2 amide bonds. The van der Waals surface area contributed by atoms with E-state index in [0.29, 0.717) is 5.56 Å². The van der Waals surface area contributed by atoms with Crippen molar-refractivity contribution in [2.45, 2.75) is 19.4 Å². The predicted octanol–water partition coefficient (Wildman–Crippen LogP) is 1.88. The van der Waals surface area contributed by atoms with Crippen LogP contribution >= 0.6 is 0 Å². The van der Waals surface area contributed by atoms with Gasteiger partial charge in [-0.15, -0.1) is 0 Å². The van der Waals surface area contributed by atoms with Gasteiger partial charge in [-0.2, -0.15) is 0 Å². The van der Waals surface area contributed by atoms with Crippen molar-refractivity contribution in [2.24, 2.45) is 0 Å². The number of amides is 2. The summed E-state index contributed by atoms with van der Waals surface area (Å²) in [6.45, 7) is 1.94. The molecule has 1 saturated heterocycles. The second-order valence-electron chi connectivity index (χ2n) is 5.83. The van der Waals surface area contributed by atoms with E-state index in [2.05, 4.69) is 9.47 Å². The third-order valence-corrected chi connectivity index (χ3v) is 4.10. The van der Waals surface area contributed by atoms with Crippen LogP contribution in [-0.2, 0) is 15.9 Å². The minimum Gasteiger partial charge on any atom is -0.465 e. The van der Waals surface area contributed by atoms with Crippen LogP contribution in [-0.4, -0.2) is 76.6 Å². The molecule has 0 radical (unpaired) electrons. The zero-order valence-electron chi connectivity index (χ0n) is 14.7. The molecule has 1 atom stereocenters. The summed E-state index contributed by atoms with van der Waals surface area (Å²) in [7, 11) is 0. The van der Waals surface area contributed by atoms with Gasteiger partial charge in [-0.1, -0.05) is 12.1 Å². The topological polar surface area (TPSA) is 134 Å². The smallest absolute Gasteiger partial charge is 0.465 e. The molecule has 0 aliphatic carbocycles. The van der Waals surface area contributed by atoms with Crippen LogP contribution in [0, 0.1) is 0 Å². The average molecular weight is 380 g/mol. The molecule has 1 aliphatic heterocycles. The number of carbonyl (C=O) groups is 4. The number of hydrogen-bond acceptors (Lipinski definition) is 6. The van der Waals surface area contributed by atoms with Crippen LogP contribution in [0.5, 0.6) is 0 Å². The minimum atomic E-state index is -1.11. The van der Waals surface area contributed by atoms with Crippen LogP contribution in [0.25, 0.3) is 0 Å². The molecular weight excluding hydrogens is 360 g/mol. The van der Waals surface area contributed by atoms with Gasteiger partial charge in [0, 0.05) is 19.6 Å². The second-order valence-corrected chi connectivity index (χ2v) is 5.83. The Labute approximate surface area is 154 Å². The van der Waals surface area contributed by atoms with Crippen molar-refractivity contribution in [1.82, 2.24) is 9.80 Å². The van der Waals surface area contributed by atoms with Gasteiger partial charge in [-0.25, -0.2) is 19.2 Å². The van der Waals surface area contributed by atoms with E-state index in [4.69, 9.17) is 5.11 Å². The van der Waals surface area contributed by atoms with Crippen molar-refractivity contribution in [3.05, 3.63) is 35.4 Å². The molecule has 2 N–H and O–H groups in total. The summed E-state index contributed by atoms with van der Waals surface area (Å²) in [6, 6.07) is 5.55. The molecule has 1 aliphatic rings. The van der Waals surface area contributed by atoms with Gasteiger partial charge in [0.25, 0.3) is 0 Å². The molecule has 1 heterocycles. The zero-order valence-corrected chi connectivity index (χ0v) is 14.7. The first kappa shape index (κ1) is 20.0. The number of nitrogens with zero attached hydrogens (tertiary/aromatic N) is 2. The number of carboxylic acid groups (broad SMARTS) is 2. The van der Waals surface area contributed by atoms with Crippen molar-refractivity contribution in [2.75, 3.05) is 26.2 Å². The van der Waals surface area contributed by atoms with Gasteiger partial charge in [0.05, 0.1) is 18.2 Å². The highest BCUT2D eigenvalue weighted by Gasteiger charge is 2.32. The van der Waals surface area contributed by atoms with Crippen molar-refractivity contribution in [3.63, 3.8) is 0 Å². The molecule has 2 rings (SSSR count). The van der Waals surface area contributed by atoms with E-state index >= 15 is 0 Å². The number of hydrogen-bond donors (Lipinski definition) is 2. The lowest BCUT2D eigenvalue weighted by Crippen LogP contribution is -2.56. The van der Waals surface area contributed by atoms with Gasteiger partial charge in [0.1, 0.15) is 0 Å². The van der Waals surface area contributed by atoms with Crippen molar-refractivity contribution in [1.29, 1.82) is 0 Å². The molecule has 1 aromatic rings. The fraction of sp³-hybridized carbons (Fsp3) is 0.412. The Hall–Kier alpha value is -3.30. The van der Waals surface area contributed by atoms with Gasteiger partial charge < -0.3 is 29.5 Å². The van der Waals surface area contributed by atoms with Gasteiger partial charge in [0.2, 0.25) is 0 Å². The van der Waals surface area contributed by atoms with Crippen LogP contribution in [0.2, 0.25) is 0 Å². The number of rotatable bonds is 4. The number of carbonyl (C=O) groups excluding carboxylic acids is 2. The molecule has 10 nitrogen and oxygen atoms in total. The molecule has 1 fully saturated rings. The molecule has 27 heavy (non-hydrogen) atoms. The quantitative estimate of drug-likeness (QED) is 0.597. The maximum atomic E-state index is 11.8. The Morgan fingerprint density at radius 2 is 1.74 bits per heavy atom.